The zero-order valence-electron chi connectivity index (χ0n) is 10.1. The van der Waals surface area contributed by atoms with E-state index in [0.29, 0.717) is 0 Å². The molecular weight excluding hydrogens is 180 g/mol. The monoisotopic (exact) mass is 202 g/mol. The summed E-state index contributed by atoms with van der Waals surface area (Å²) in [7, 11) is 0. The molecule has 0 aromatic rings. The molecule has 0 spiro atoms. The van der Waals surface area contributed by atoms with Crippen LogP contribution < -0.4 is 0 Å². The van der Waals surface area contributed by atoms with E-state index in [0.717, 1.165) is 6.42 Å². The Kier molecular flexibility index (Phi) is 5.17. The highest BCUT2D eigenvalue weighted by molar-refractivity contribution is 5.35. The van der Waals surface area contributed by atoms with Crippen molar-refractivity contribution in [2.45, 2.75) is 46.0 Å². The minimum atomic E-state index is 1.15. The fraction of sp³-hybridized carbons (Fsp3) is 0.467. The molecule has 0 heterocycles. The summed E-state index contributed by atoms with van der Waals surface area (Å²) in [5.41, 5.74) is 4.22. The molecule has 0 nitrogen and oxygen atoms in total. The van der Waals surface area contributed by atoms with Crippen LogP contribution in [0.3, 0.4) is 0 Å². The second kappa shape index (κ2) is 6.44. The number of hydrogen-bond acceptors (Lipinski definition) is 0. The Balaban J connectivity index is 2.39. The van der Waals surface area contributed by atoms with Crippen LogP contribution in [0.5, 0.6) is 0 Å². The first kappa shape index (κ1) is 12.0. The summed E-state index contributed by atoms with van der Waals surface area (Å²) >= 11 is 0. The van der Waals surface area contributed by atoms with Gasteiger partial charge in [-0.15, -0.1) is 0 Å². The lowest BCUT2D eigenvalue weighted by Crippen LogP contribution is -1.94. The van der Waals surface area contributed by atoms with E-state index in [-0.39, 0.29) is 0 Å². The highest BCUT2D eigenvalue weighted by atomic mass is 14.1. The van der Waals surface area contributed by atoms with E-state index >= 15 is 0 Å². The van der Waals surface area contributed by atoms with Gasteiger partial charge in [0.1, 0.15) is 0 Å². The van der Waals surface area contributed by atoms with Gasteiger partial charge in [0.2, 0.25) is 0 Å². The Morgan fingerprint density at radius 3 is 2.67 bits per heavy atom. The summed E-state index contributed by atoms with van der Waals surface area (Å²) in [5.74, 6) is 0. The molecule has 0 saturated carbocycles. The quantitative estimate of drug-likeness (QED) is 0.553. The fourth-order valence-corrected chi connectivity index (χ4v) is 1.80. The van der Waals surface area contributed by atoms with Crippen molar-refractivity contribution in [1.29, 1.82) is 0 Å². The summed E-state index contributed by atoms with van der Waals surface area (Å²) in [4.78, 5) is 0. The molecule has 0 amide bonds. The molecule has 0 N–H and O–H groups in total. The van der Waals surface area contributed by atoms with Crippen LogP contribution in [0, 0.1) is 0 Å². The molecular formula is C15H22. The molecule has 1 aliphatic rings. The van der Waals surface area contributed by atoms with Gasteiger partial charge in [-0.1, -0.05) is 49.0 Å². The second-order valence-electron chi connectivity index (χ2n) is 4.22. The van der Waals surface area contributed by atoms with Crippen molar-refractivity contribution in [3.8, 4) is 0 Å². The van der Waals surface area contributed by atoms with Gasteiger partial charge >= 0.3 is 0 Å². The largest absolute Gasteiger partial charge is 0.0958 e. The molecule has 82 valence electrons. The van der Waals surface area contributed by atoms with Crippen LogP contribution >= 0.6 is 0 Å². The van der Waals surface area contributed by atoms with Crippen LogP contribution in [0.25, 0.3) is 0 Å². The van der Waals surface area contributed by atoms with Gasteiger partial charge in [-0.25, -0.2) is 0 Å². The van der Waals surface area contributed by atoms with Crippen LogP contribution in [0.1, 0.15) is 46.0 Å². The van der Waals surface area contributed by atoms with E-state index in [1.54, 1.807) is 5.57 Å². The number of rotatable bonds is 5. The first-order valence-electron chi connectivity index (χ1n) is 5.93. The van der Waals surface area contributed by atoms with E-state index in [4.69, 9.17) is 0 Å². The van der Waals surface area contributed by atoms with Crippen molar-refractivity contribution >= 4 is 0 Å². The summed E-state index contributed by atoms with van der Waals surface area (Å²) < 4.78 is 0. The molecule has 0 heteroatoms. The average molecular weight is 202 g/mol. The fourth-order valence-electron chi connectivity index (χ4n) is 1.80. The topological polar surface area (TPSA) is 0 Å². The van der Waals surface area contributed by atoms with E-state index in [2.05, 4.69) is 44.7 Å². The summed E-state index contributed by atoms with van der Waals surface area (Å²) in [5, 5.41) is 0. The lowest BCUT2D eigenvalue weighted by molar-refractivity contribution is 0.830. The van der Waals surface area contributed by atoms with Crippen LogP contribution in [-0.4, -0.2) is 0 Å². The van der Waals surface area contributed by atoms with Crippen molar-refractivity contribution in [3.05, 3.63) is 47.6 Å². The van der Waals surface area contributed by atoms with Crippen LogP contribution in [0.4, 0.5) is 0 Å². The van der Waals surface area contributed by atoms with Crippen molar-refractivity contribution in [2.75, 3.05) is 0 Å². The normalized spacial score (nSPS) is 16.4. The minimum absolute atomic E-state index is 1.15. The zero-order valence-corrected chi connectivity index (χ0v) is 10.1. The van der Waals surface area contributed by atoms with E-state index < -0.39 is 0 Å². The maximum absolute atomic E-state index is 3.98. The molecule has 0 saturated heterocycles. The average Bonchev–Trinajstić information content (AvgIpc) is 2.25. The summed E-state index contributed by atoms with van der Waals surface area (Å²) in [6.45, 7) is 8.25. The van der Waals surface area contributed by atoms with Crippen molar-refractivity contribution in [2.24, 2.45) is 0 Å². The van der Waals surface area contributed by atoms with Gasteiger partial charge < -0.3 is 0 Å². The lowest BCUT2D eigenvalue weighted by Gasteiger charge is -2.13. The third-order valence-corrected chi connectivity index (χ3v) is 2.82. The van der Waals surface area contributed by atoms with Gasteiger partial charge in [-0.2, -0.15) is 0 Å². The Hall–Kier alpha value is -1.04. The molecule has 0 aliphatic heterocycles. The summed E-state index contributed by atoms with van der Waals surface area (Å²) in [6, 6.07) is 0. The van der Waals surface area contributed by atoms with Crippen LogP contribution in [0.15, 0.2) is 47.6 Å². The van der Waals surface area contributed by atoms with E-state index in [1.807, 2.05) is 0 Å². The first-order chi connectivity index (χ1) is 7.24. The second-order valence-corrected chi connectivity index (χ2v) is 4.22. The molecule has 0 bridgehead atoms. The molecule has 0 aromatic heterocycles. The molecule has 0 atom stereocenters. The van der Waals surface area contributed by atoms with Crippen molar-refractivity contribution in [3.63, 3.8) is 0 Å². The van der Waals surface area contributed by atoms with Crippen molar-refractivity contribution < 1.29 is 0 Å². The van der Waals surface area contributed by atoms with Gasteiger partial charge in [0.25, 0.3) is 0 Å². The van der Waals surface area contributed by atoms with Gasteiger partial charge in [-0.3, -0.25) is 0 Å². The van der Waals surface area contributed by atoms with Gasteiger partial charge in [0.05, 0.1) is 0 Å². The molecule has 1 aliphatic carbocycles. The molecule has 0 radical (unpaired) electrons. The Morgan fingerprint density at radius 1 is 1.33 bits per heavy atom. The highest BCUT2D eigenvalue weighted by Gasteiger charge is 2.05. The molecule has 0 aromatic carbocycles. The third-order valence-electron chi connectivity index (χ3n) is 2.82. The summed E-state index contributed by atoms with van der Waals surface area (Å²) in [6.07, 6.45) is 15.0. The lowest BCUT2D eigenvalue weighted by atomic mass is 9.92. The zero-order chi connectivity index (χ0) is 11.1. The van der Waals surface area contributed by atoms with E-state index in [9.17, 15) is 0 Å². The highest BCUT2D eigenvalue weighted by Crippen LogP contribution is 2.25. The first-order valence-corrected chi connectivity index (χ1v) is 5.93. The molecule has 0 fully saturated rings. The maximum atomic E-state index is 3.98. The third kappa shape index (κ3) is 4.33. The Bertz CT molecular complexity index is 300. The van der Waals surface area contributed by atoms with E-state index in [1.165, 1.54) is 36.8 Å². The minimum Gasteiger partial charge on any atom is -0.0958 e. The number of hydrogen-bond donors (Lipinski definition) is 0. The van der Waals surface area contributed by atoms with Crippen LogP contribution in [-0.2, 0) is 0 Å². The predicted molar refractivity (Wildman–Crippen MR) is 68.9 cm³/mol. The predicted octanol–water partition coefficient (Wildman–Crippen LogP) is 4.96. The maximum Gasteiger partial charge on any atom is -0.0239 e. The van der Waals surface area contributed by atoms with Crippen LogP contribution in [0.2, 0.25) is 0 Å². The standard InChI is InChI=1S/C15H22/c1-4-5-6-7-8-14-9-11-15(12-10-14)13(2)3/h5-6,9,11H,2,4,7-8,10,12H2,1,3H3. The van der Waals surface area contributed by atoms with Crippen molar-refractivity contribution in [1.82, 2.24) is 0 Å². The van der Waals surface area contributed by atoms with Gasteiger partial charge in [0.15, 0.2) is 0 Å². The van der Waals surface area contributed by atoms with Gasteiger partial charge in [-0.05, 0) is 44.6 Å². The number of allylic oxidation sites excluding steroid dienone is 7. The Labute approximate surface area is 94.1 Å². The SMILES string of the molecule is C=C(C)C1=CC=C(CCC=CCC)CC1. The molecule has 15 heavy (non-hydrogen) atoms. The smallest absolute Gasteiger partial charge is 0.0239 e. The Morgan fingerprint density at radius 2 is 2.13 bits per heavy atom. The molecule has 1 rings (SSSR count). The molecule has 0 unspecified atom stereocenters. The van der Waals surface area contributed by atoms with Gasteiger partial charge in [0, 0.05) is 0 Å².